The van der Waals surface area contributed by atoms with Gasteiger partial charge < -0.3 is 10.4 Å². The van der Waals surface area contributed by atoms with Crippen molar-refractivity contribution < 1.29 is 9.90 Å². The van der Waals surface area contributed by atoms with Gasteiger partial charge in [-0.1, -0.05) is 30.3 Å². The number of para-hydroxylation sites is 2. The van der Waals surface area contributed by atoms with E-state index < -0.39 is 5.97 Å². The van der Waals surface area contributed by atoms with Crippen LogP contribution in [0.15, 0.2) is 59.4 Å². The Kier molecular flexibility index (Phi) is 4.43. The predicted octanol–water partition coefficient (Wildman–Crippen LogP) is 3.78. The average molecular weight is 388 g/mol. The summed E-state index contributed by atoms with van der Waals surface area (Å²) in [7, 11) is 1.83. The van der Waals surface area contributed by atoms with Gasteiger partial charge in [0, 0.05) is 23.8 Å². The summed E-state index contributed by atoms with van der Waals surface area (Å²) in [6.07, 6.45) is 0. The number of carbonyl (C=O) groups is 1. The second-order valence-corrected chi connectivity index (χ2v) is 6.88. The van der Waals surface area contributed by atoms with Gasteiger partial charge in [-0.25, -0.2) is 9.48 Å². The number of hydrogen-bond acceptors (Lipinski definition) is 4. The van der Waals surface area contributed by atoms with Crippen LogP contribution in [0.25, 0.3) is 16.6 Å². The standard InChI is InChI=1S/C22H20N4O3/c1-13-12-18(16-10-7-11-17(22(28)29)20(16)23-13)24-19-14(2)25(3)26(21(19)27)15-8-5-4-6-9-15/h4-12H,1-3H3,(H,23,24)(H,28,29). The third-order valence-electron chi connectivity index (χ3n) is 5.01. The molecule has 0 atom stereocenters. The molecule has 0 saturated heterocycles. The number of nitrogens with one attached hydrogen (secondary N) is 1. The Labute approximate surface area is 166 Å². The van der Waals surface area contributed by atoms with Gasteiger partial charge in [0.25, 0.3) is 5.56 Å². The van der Waals surface area contributed by atoms with Crippen molar-refractivity contribution in [2.75, 3.05) is 5.32 Å². The fourth-order valence-electron chi connectivity index (χ4n) is 3.50. The van der Waals surface area contributed by atoms with Crippen LogP contribution in [0, 0.1) is 13.8 Å². The summed E-state index contributed by atoms with van der Waals surface area (Å²) in [5.74, 6) is -1.04. The van der Waals surface area contributed by atoms with Crippen LogP contribution in [0.2, 0.25) is 0 Å². The maximum absolute atomic E-state index is 13.2. The lowest BCUT2D eigenvalue weighted by Crippen LogP contribution is -2.20. The molecule has 0 bridgehead atoms. The fourth-order valence-corrected chi connectivity index (χ4v) is 3.50. The number of aryl methyl sites for hydroxylation is 1. The number of pyridine rings is 1. The van der Waals surface area contributed by atoms with E-state index in [1.165, 1.54) is 6.07 Å². The van der Waals surface area contributed by atoms with E-state index in [1.807, 2.05) is 50.4 Å². The summed E-state index contributed by atoms with van der Waals surface area (Å²) in [6, 6.07) is 16.2. The molecule has 0 fully saturated rings. The Balaban J connectivity index is 1.90. The maximum Gasteiger partial charge on any atom is 0.337 e. The zero-order valence-electron chi connectivity index (χ0n) is 16.3. The van der Waals surface area contributed by atoms with Crippen molar-refractivity contribution in [3.63, 3.8) is 0 Å². The molecule has 2 N–H and O–H groups in total. The molecule has 0 spiro atoms. The molecule has 2 heterocycles. The number of aromatic nitrogens is 3. The molecular formula is C22H20N4O3. The van der Waals surface area contributed by atoms with Gasteiger partial charge in [0.1, 0.15) is 5.69 Å². The Morgan fingerprint density at radius 2 is 1.79 bits per heavy atom. The van der Waals surface area contributed by atoms with Crippen molar-refractivity contribution >= 4 is 28.2 Å². The van der Waals surface area contributed by atoms with Gasteiger partial charge in [-0.05, 0) is 38.1 Å². The van der Waals surface area contributed by atoms with Gasteiger partial charge in [-0.2, -0.15) is 0 Å². The second kappa shape index (κ2) is 6.94. The molecule has 0 aliphatic rings. The number of carboxylic acids is 1. The number of anilines is 2. The predicted molar refractivity (Wildman–Crippen MR) is 112 cm³/mol. The summed E-state index contributed by atoms with van der Waals surface area (Å²) in [5.41, 5.74) is 3.58. The van der Waals surface area contributed by atoms with Gasteiger partial charge in [0.2, 0.25) is 0 Å². The first kappa shape index (κ1) is 18.5. The Morgan fingerprint density at radius 1 is 1.07 bits per heavy atom. The van der Waals surface area contributed by atoms with E-state index in [9.17, 15) is 14.7 Å². The first-order valence-electron chi connectivity index (χ1n) is 9.13. The van der Waals surface area contributed by atoms with Crippen molar-refractivity contribution in [3.05, 3.63) is 81.9 Å². The molecule has 7 nitrogen and oxygen atoms in total. The van der Waals surface area contributed by atoms with E-state index >= 15 is 0 Å². The van der Waals surface area contributed by atoms with Crippen LogP contribution >= 0.6 is 0 Å². The average Bonchev–Trinajstić information content (AvgIpc) is 2.91. The van der Waals surface area contributed by atoms with Crippen molar-refractivity contribution in [1.29, 1.82) is 0 Å². The molecule has 0 radical (unpaired) electrons. The lowest BCUT2D eigenvalue weighted by molar-refractivity contribution is 0.0699. The highest BCUT2D eigenvalue weighted by molar-refractivity contribution is 6.06. The van der Waals surface area contributed by atoms with E-state index in [-0.39, 0.29) is 11.1 Å². The normalized spacial score (nSPS) is 11.0. The minimum Gasteiger partial charge on any atom is -0.478 e. The van der Waals surface area contributed by atoms with E-state index in [2.05, 4.69) is 10.3 Å². The van der Waals surface area contributed by atoms with Crippen molar-refractivity contribution in [2.45, 2.75) is 13.8 Å². The third-order valence-corrected chi connectivity index (χ3v) is 5.01. The fraction of sp³-hybridized carbons (Fsp3) is 0.136. The van der Waals surface area contributed by atoms with Gasteiger partial charge in [-0.15, -0.1) is 0 Å². The quantitative estimate of drug-likeness (QED) is 0.555. The van der Waals surface area contributed by atoms with Crippen LogP contribution in [0.1, 0.15) is 21.7 Å². The molecule has 0 saturated carbocycles. The Bertz CT molecular complexity index is 1300. The van der Waals surface area contributed by atoms with Crippen LogP contribution in [-0.2, 0) is 7.05 Å². The number of nitrogens with zero attached hydrogens (tertiary/aromatic N) is 3. The summed E-state index contributed by atoms with van der Waals surface area (Å²) < 4.78 is 3.38. The van der Waals surface area contributed by atoms with Crippen LogP contribution < -0.4 is 10.9 Å². The number of aromatic carboxylic acids is 1. The monoisotopic (exact) mass is 388 g/mol. The van der Waals surface area contributed by atoms with Crippen molar-refractivity contribution in [1.82, 2.24) is 14.3 Å². The van der Waals surface area contributed by atoms with Crippen molar-refractivity contribution in [2.24, 2.45) is 7.05 Å². The topological polar surface area (TPSA) is 89.2 Å². The first-order valence-corrected chi connectivity index (χ1v) is 9.13. The molecule has 4 rings (SSSR count). The highest BCUT2D eigenvalue weighted by Crippen LogP contribution is 2.29. The first-order chi connectivity index (χ1) is 13.9. The summed E-state index contributed by atoms with van der Waals surface area (Å²) in [6.45, 7) is 3.66. The third kappa shape index (κ3) is 3.06. The number of carboxylic acid groups (broad SMARTS) is 1. The highest BCUT2D eigenvalue weighted by atomic mass is 16.4. The zero-order chi connectivity index (χ0) is 20.7. The molecule has 2 aromatic carbocycles. The van der Waals surface area contributed by atoms with E-state index in [1.54, 1.807) is 28.4 Å². The lowest BCUT2D eigenvalue weighted by Gasteiger charge is -2.11. The SMILES string of the molecule is Cc1cc(Nc2c(C)n(C)n(-c3ccccc3)c2=O)c2cccc(C(=O)O)c2n1. The lowest BCUT2D eigenvalue weighted by atomic mass is 10.1. The van der Waals surface area contributed by atoms with Gasteiger partial charge in [-0.3, -0.25) is 14.5 Å². The van der Waals surface area contributed by atoms with Crippen molar-refractivity contribution in [3.8, 4) is 5.69 Å². The summed E-state index contributed by atoms with van der Waals surface area (Å²) in [4.78, 5) is 29.2. The smallest absolute Gasteiger partial charge is 0.337 e. The maximum atomic E-state index is 13.2. The number of rotatable bonds is 4. The molecular weight excluding hydrogens is 368 g/mol. The molecule has 7 heteroatoms. The zero-order valence-corrected chi connectivity index (χ0v) is 16.3. The molecule has 0 unspecified atom stereocenters. The Morgan fingerprint density at radius 3 is 2.48 bits per heavy atom. The minimum atomic E-state index is -1.04. The van der Waals surface area contributed by atoms with Gasteiger partial charge >= 0.3 is 5.97 Å². The van der Waals surface area contributed by atoms with Gasteiger partial charge in [0.15, 0.2) is 0 Å². The van der Waals surface area contributed by atoms with Crippen LogP contribution in [0.5, 0.6) is 0 Å². The Hall–Kier alpha value is -3.87. The van der Waals surface area contributed by atoms with Crippen LogP contribution in [0.4, 0.5) is 11.4 Å². The molecule has 2 aromatic heterocycles. The van der Waals surface area contributed by atoms with E-state index in [4.69, 9.17) is 0 Å². The molecule has 4 aromatic rings. The number of fused-ring (bicyclic) bond motifs is 1. The second-order valence-electron chi connectivity index (χ2n) is 6.88. The largest absolute Gasteiger partial charge is 0.478 e. The number of benzene rings is 2. The molecule has 29 heavy (non-hydrogen) atoms. The highest BCUT2D eigenvalue weighted by Gasteiger charge is 2.18. The minimum absolute atomic E-state index is 0.126. The van der Waals surface area contributed by atoms with Gasteiger partial charge in [0.05, 0.1) is 22.5 Å². The summed E-state index contributed by atoms with van der Waals surface area (Å²) >= 11 is 0. The summed E-state index contributed by atoms with van der Waals surface area (Å²) in [5, 5.41) is 13.4. The molecule has 146 valence electrons. The molecule has 0 aliphatic heterocycles. The molecule has 0 aliphatic carbocycles. The van der Waals surface area contributed by atoms with Crippen LogP contribution in [0.3, 0.4) is 0 Å². The molecule has 0 amide bonds. The van der Waals surface area contributed by atoms with Crippen LogP contribution in [-0.4, -0.2) is 25.4 Å². The van der Waals surface area contributed by atoms with E-state index in [0.717, 1.165) is 11.4 Å². The number of hydrogen-bond donors (Lipinski definition) is 2. The van der Waals surface area contributed by atoms with E-state index in [0.29, 0.717) is 28.0 Å².